The van der Waals surface area contributed by atoms with E-state index in [0.29, 0.717) is 18.7 Å². The van der Waals surface area contributed by atoms with Gasteiger partial charge in [0.2, 0.25) is 0 Å². The Kier molecular flexibility index (Phi) is 5.74. The maximum Gasteiger partial charge on any atom is 0.317 e. The number of nitrogens with zero attached hydrogens (tertiary/aromatic N) is 2. The van der Waals surface area contributed by atoms with E-state index in [0.717, 1.165) is 6.54 Å². The first-order valence-electron chi connectivity index (χ1n) is 5.81. The van der Waals surface area contributed by atoms with Crippen LogP contribution >= 0.6 is 0 Å². The fraction of sp³-hybridized carbons (Fsp3) is 0.462. The minimum absolute atomic E-state index is 0.0812. The number of carboxylic acid groups (broad SMARTS) is 1. The van der Waals surface area contributed by atoms with Crippen LogP contribution in [0.3, 0.4) is 0 Å². The van der Waals surface area contributed by atoms with Crippen molar-refractivity contribution in [3.05, 3.63) is 35.6 Å². The molecule has 0 radical (unpaired) electrons. The van der Waals surface area contributed by atoms with Gasteiger partial charge in [0.25, 0.3) is 0 Å². The molecule has 1 aromatic carbocycles. The van der Waals surface area contributed by atoms with E-state index < -0.39 is 5.97 Å². The lowest BCUT2D eigenvalue weighted by Crippen LogP contribution is -2.35. The van der Waals surface area contributed by atoms with Gasteiger partial charge in [0.1, 0.15) is 5.82 Å². The molecule has 0 aliphatic carbocycles. The first-order valence-corrected chi connectivity index (χ1v) is 5.81. The van der Waals surface area contributed by atoms with Crippen LogP contribution in [0.1, 0.15) is 5.56 Å². The summed E-state index contributed by atoms with van der Waals surface area (Å²) < 4.78 is 13.5. The summed E-state index contributed by atoms with van der Waals surface area (Å²) in [5.74, 6) is -1.19. The lowest BCUT2D eigenvalue weighted by Gasteiger charge is -2.22. The van der Waals surface area contributed by atoms with E-state index in [1.54, 1.807) is 23.1 Å². The molecule has 4 nitrogen and oxygen atoms in total. The van der Waals surface area contributed by atoms with Crippen molar-refractivity contribution >= 4 is 5.97 Å². The van der Waals surface area contributed by atoms with Gasteiger partial charge in [0.05, 0.1) is 6.54 Å². The third kappa shape index (κ3) is 5.25. The highest BCUT2D eigenvalue weighted by Crippen LogP contribution is 2.09. The third-order valence-electron chi connectivity index (χ3n) is 2.57. The van der Waals surface area contributed by atoms with Crippen LogP contribution in [0.25, 0.3) is 0 Å². The van der Waals surface area contributed by atoms with Crippen molar-refractivity contribution < 1.29 is 14.3 Å². The van der Waals surface area contributed by atoms with E-state index in [1.165, 1.54) is 6.07 Å². The molecular formula is C13H19FN2O2. The molecule has 0 amide bonds. The van der Waals surface area contributed by atoms with Crippen LogP contribution in [0, 0.1) is 5.82 Å². The third-order valence-corrected chi connectivity index (χ3v) is 2.57. The van der Waals surface area contributed by atoms with E-state index >= 15 is 0 Å². The molecule has 0 heterocycles. The van der Waals surface area contributed by atoms with Crippen molar-refractivity contribution in [1.29, 1.82) is 0 Å². The van der Waals surface area contributed by atoms with Gasteiger partial charge in [-0.2, -0.15) is 0 Å². The summed E-state index contributed by atoms with van der Waals surface area (Å²) in [5, 5.41) is 8.85. The van der Waals surface area contributed by atoms with Crippen LogP contribution in [-0.4, -0.2) is 54.6 Å². The second kappa shape index (κ2) is 7.08. The Labute approximate surface area is 107 Å². The highest BCUT2D eigenvalue weighted by Gasteiger charge is 2.12. The molecule has 0 saturated heterocycles. The largest absolute Gasteiger partial charge is 0.480 e. The molecular weight excluding hydrogens is 235 g/mol. The Bertz CT molecular complexity index is 396. The van der Waals surface area contributed by atoms with Crippen molar-refractivity contribution in [3.63, 3.8) is 0 Å². The number of carbonyl (C=O) groups is 1. The molecule has 0 spiro atoms. The molecule has 1 aromatic rings. The minimum atomic E-state index is -0.898. The predicted octanol–water partition coefficient (Wildman–Crippen LogP) is 1.27. The van der Waals surface area contributed by atoms with Gasteiger partial charge >= 0.3 is 5.97 Å². The summed E-state index contributed by atoms with van der Waals surface area (Å²) in [4.78, 5) is 14.5. The molecule has 0 unspecified atom stereocenters. The van der Waals surface area contributed by atoms with Crippen LogP contribution in [-0.2, 0) is 11.3 Å². The summed E-state index contributed by atoms with van der Waals surface area (Å²) in [6.45, 7) is 1.56. The average Bonchev–Trinajstić information content (AvgIpc) is 2.28. The molecule has 100 valence electrons. The van der Waals surface area contributed by atoms with Crippen molar-refractivity contribution in [3.8, 4) is 0 Å². The normalized spacial score (nSPS) is 11.2. The van der Waals surface area contributed by atoms with Gasteiger partial charge in [-0.25, -0.2) is 4.39 Å². The first kappa shape index (κ1) is 14.6. The number of halogens is 1. The van der Waals surface area contributed by atoms with E-state index in [-0.39, 0.29) is 12.4 Å². The lowest BCUT2D eigenvalue weighted by molar-refractivity contribution is -0.138. The zero-order valence-corrected chi connectivity index (χ0v) is 10.8. The average molecular weight is 254 g/mol. The Morgan fingerprint density at radius 3 is 2.50 bits per heavy atom. The van der Waals surface area contributed by atoms with Crippen LogP contribution in [0.4, 0.5) is 4.39 Å². The van der Waals surface area contributed by atoms with Crippen LogP contribution in [0.5, 0.6) is 0 Å². The highest BCUT2D eigenvalue weighted by atomic mass is 19.1. The van der Waals surface area contributed by atoms with Crippen molar-refractivity contribution in [1.82, 2.24) is 9.80 Å². The molecule has 0 aromatic heterocycles. The molecule has 0 aliphatic heterocycles. The first-order chi connectivity index (χ1) is 8.49. The fourth-order valence-corrected chi connectivity index (χ4v) is 1.61. The Morgan fingerprint density at radius 1 is 1.28 bits per heavy atom. The summed E-state index contributed by atoms with van der Waals surface area (Å²) >= 11 is 0. The molecule has 1 rings (SSSR count). The number of rotatable bonds is 7. The molecule has 0 aliphatic rings. The van der Waals surface area contributed by atoms with Crippen LogP contribution < -0.4 is 0 Å². The topological polar surface area (TPSA) is 43.8 Å². The Hall–Kier alpha value is -1.46. The molecule has 0 atom stereocenters. The Balaban J connectivity index is 2.65. The standard InChI is InChI=1S/C13H19FN2O2/c1-15(2)7-8-16(10-13(17)18)9-11-5-3-4-6-12(11)14/h3-6H,7-10H2,1-2H3,(H,17,18). The minimum Gasteiger partial charge on any atom is -0.480 e. The number of hydrogen-bond acceptors (Lipinski definition) is 3. The monoisotopic (exact) mass is 254 g/mol. The zero-order chi connectivity index (χ0) is 13.5. The smallest absolute Gasteiger partial charge is 0.317 e. The second-order valence-corrected chi connectivity index (χ2v) is 4.50. The number of carboxylic acids is 1. The number of benzene rings is 1. The van der Waals surface area contributed by atoms with Crippen molar-refractivity contribution in [2.75, 3.05) is 33.7 Å². The van der Waals surface area contributed by atoms with Gasteiger partial charge in [0.15, 0.2) is 0 Å². The molecule has 1 N–H and O–H groups in total. The summed E-state index contributed by atoms with van der Waals surface area (Å²) in [6.07, 6.45) is 0. The summed E-state index contributed by atoms with van der Waals surface area (Å²) in [7, 11) is 3.84. The predicted molar refractivity (Wildman–Crippen MR) is 67.9 cm³/mol. The van der Waals surface area contributed by atoms with Gasteiger partial charge in [-0.05, 0) is 20.2 Å². The van der Waals surface area contributed by atoms with Crippen LogP contribution in [0.2, 0.25) is 0 Å². The SMILES string of the molecule is CN(C)CCN(CC(=O)O)Cc1ccccc1F. The van der Waals surface area contributed by atoms with Gasteiger partial charge in [0, 0.05) is 25.2 Å². The number of likely N-dealkylation sites (N-methyl/N-ethyl adjacent to an activating group) is 1. The Morgan fingerprint density at radius 2 is 1.94 bits per heavy atom. The molecule has 0 saturated carbocycles. The second-order valence-electron chi connectivity index (χ2n) is 4.50. The quantitative estimate of drug-likeness (QED) is 0.796. The summed E-state index contributed by atoms with van der Waals surface area (Å²) in [6, 6.07) is 6.45. The molecule has 0 fully saturated rings. The van der Waals surface area contributed by atoms with Crippen molar-refractivity contribution in [2.45, 2.75) is 6.54 Å². The number of hydrogen-bond donors (Lipinski definition) is 1. The van der Waals surface area contributed by atoms with Gasteiger partial charge < -0.3 is 10.0 Å². The maximum absolute atomic E-state index is 13.5. The van der Waals surface area contributed by atoms with Gasteiger partial charge in [-0.1, -0.05) is 18.2 Å². The molecule has 0 bridgehead atoms. The van der Waals surface area contributed by atoms with Gasteiger partial charge in [-0.3, -0.25) is 9.69 Å². The zero-order valence-electron chi connectivity index (χ0n) is 10.8. The fourth-order valence-electron chi connectivity index (χ4n) is 1.61. The lowest BCUT2D eigenvalue weighted by atomic mass is 10.2. The van der Waals surface area contributed by atoms with E-state index in [4.69, 9.17) is 5.11 Å². The van der Waals surface area contributed by atoms with E-state index in [1.807, 2.05) is 19.0 Å². The van der Waals surface area contributed by atoms with E-state index in [2.05, 4.69) is 0 Å². The maximum atomic E-state index is 13.5. The van der Waals surface area contributed by atoms with Crippen molar-refractivity contribution in [2.24, 2.45) is 0 Å². The number of aliphatic carboxylic acids is 1. The van der Waals surface area contributed by atoms with Gasteiger partial charge in [-0.15, -0.1) is 0 Å². The molecule has 5 heteroatoms. The highest BCUT2D eigenvalue weighted by molar-refractivity contribution is 5.69. The van der Waals surface area contributed by atoms with E-state index in [9.17, 15) is 9.18 Å². The van der Waals surface area contributed by atoms with Crippen LogP contribution in [0.15, 0.2) is 24.3 Å². The molecule has 18 heavy (non-hydrogen) atoms. The summed E-state index contributed by atoms with van der Waals surface area (Å²) in [5.41, 5.74) is 0.525.